The number of rotatable bonds is 8. The van der Waals surface area contributed by atoms with E-state index in [4.69, 9.17) is 4.74 Å². The van der Waals surface area contributed by atoms with E-state index in [2.05, 4.69) is 27.4 Å². The summed E-state index contributed by atoms with van der Waals surface area (Å²) in [5.74, 6) is 1.71. The Balaban J connectivity index is 1.65. The maximum Gasteiger partial charge on any atom is 0.230 e. The molecule has 1 saturated carbocycles. The van der Waals surface area contributed by atoms with Gasteiger partial charge in [0.2, 0.25) is 5.91 Å². The number of hydrogen-bond donors (Lipinski definition) is 1. The molecule has 1 N–H and O–H groups in total. The molecule has 0 aliphatic heterocycles. The van der Waals surface area contributed by atoms with E-state index in [0.29, 0.717) is 30.9 Å². The summed E-state index contributed by atoms with van der Waals surface area (Å²) >= 11 is 1.42. The third-order valence-electron chi connectivity index (χ3n) is 4.96. The highest BCUT2D eigenvalue weighted by atomic mass is 32.2. The molecule has 0 bridgehead atoms. The van der Waals surface area contributed by atoms with Gasteiger partial charge in [-0.3, -0.25) is 14.3 Å². The lowest BCUT2D eigenvalue weighted by Crippen LogP contribution is -2.41. The van der Waals surface area contributed by atoms with Crippen molar-refractivity contribution in [1.82, 2.24) is 25.1 Å². The minimum absolute atomic E-state index is 0.0607. The van der Waals surface area contributed by atoms with Crippen molar-refractivity contribution in [3.63, 3.8) is 0 Å². The number of hydrogen-bond acceptors (Lipinski definition) is 6. The smallest absolute Gasteiger partial charge is 0.230 e. The van der Waals surface area contributed by atoms with Gasteiger partial charge in [0, 0.05) is 31.1 Å². The molecule has 1 amide bonds. The Labute approximate surface area is 164 Å². The number of pyridine rings is 1. The lowest BCUT2D eigenvalue weighted by atomic mass is 9.86. The van der Waals surface area contributed by atoms with Crippen molar-refractivity contribution in [3.8, 4) is 11.4 Å². The molecule has 146 valence electrons. The lowest BCUT2D eigenvalue weighted by Gasteiger charge is -2.29. The summed E-state index contributed by atoms with van der Waals surface area (Å²) in [4.78, 5) is 16.5. The molecule has 0 unspecified atom stereocenters. The van der Waals surface area contributed by atoms with Crippen molar-refractivity contribution in [1.29, 1.82) is 0 Å². The van der Waals surface area contributed by atoms with E-state index in [1.54, 1.807) is 19.5 Å². The zero-order valence-corrected chi connectivity index (χ0v) is 16.7. The molecule has 3 rings (SSSR count). The third-order valence-corrected chi connectivity index (χ3v) is 5.93. The summed E-state index contributed by atoms with van der Waals surface area (Å²) in [6.07, 6.45) is 8.20. The summed E-state index contributed by atoms with van der Waals surface area (Å²) in [5.41, 5.74) is 0.945. The van der Waals surface area contributed by atoms with Crippen molar-refractivity contribution < 1.29 is 9.53 Å². The standard InChI is InChI=1S/C19H27N5O2S/c1-14-5-3-4-6-16(14)21-17(25)13-27-19-23-22-18(24(19)11-12-26-2)15-7-9-20-10-8-15/h7-10,14,16H,3-6,11-13H2,1-2H3,(H,21,25)/t14-,16-/m0/s1. The first-order chi connectivity index (χ1) is 13.2. The first-order valence-electron chi connectivity index (χ1n) is 9.43. The highest BCUT2D eigenvalue weighted by Gasteiger charge is 2.23. The molecule has 0 spiro atoms. The van der Waals surface area contributed by atoms with Crippen LogP contribution in [0.25, 0.3) is 11.4 Å². The van der Waals surface area contributed by atoms with Gasteiger partial charge in [0.15, 0.2) is 11.0 Å². The zero-order valence-electron chi connectivity index (χ0n) is 15.9. The van der Waals surface area contributed by atoms with Crippen LogP contribution in [-0.4, -0.2) is 51.2 Å². The van der Waals surface area contributed by atoms with Crippen LogP contribution < -0.4 is 5.32 Å². The number of aromatic nitrogens is 4. The molecule has 7 nitrogen and oxygen atoms in total. The molecular weight excluding hydrogens is 362 g/mol. The number of methoxy groups -OCH3 is 1. The first kappa shape index (κ1) is 19.8. The minimum Gasteiger partial charge on any atom is -0.383 e. The van der Waals surface area contributed by atoms with Crippen molar-refractivity contribution in [2.24, 2.45) is 5.92 Å². The number of thioether (sulfide) groups is 1. The van der Waals surface area contributed by atoms with E-state index in [1.807, 2.05) is 16.7 Å². The van der Waals surface area contributed by atoms with E-state index >= 15 is 0 Å². The van der Waals surface area contributed by atoms with Crippen molar-refractivity contribution >= 4 is 17.7 Å². The quantitative estimate of drug-likeness (QED) is 0.699. The van der Waals surface area contributed by atoms with Gasteiger partial charge in [-0.2, -0.15) is 0 Å². The van der Waals surface area contributed by atoms with E-state index in [0.717, 1.165) is 23.0 Å². The van der Waals surface area contributed by atoms with Gasteiger partial charge < -0.3 is 10.1 Å². The van der Waals surface area contributed by atoms with Crippen LogP contribution in [0.4, 0.5) is 0 Å². The molecule has 2 aromatic rings. The van der Waals surface area contributed by atoms with Gasteiger partial charge in [-0.05, 0) is 30.9 Å². The lowest BCUT2D eigenvalue weighted by molar-refractivity contribution is -0.119. The number of ether oxygens (including phenoxy) is 1. The van der Waals surface area contributed by atoms with E-state index in [-0.39, 0.29) is 5.91 Å². The highest BCUT2D eigenvalue weighted by molar-refractivity contribution is 7.99. The molecule has 8 heteroatoms. The molecule has 0 aromatic carbocycles. The van der Waals surface area contributed by atoms with Crippen LogP contribution in [-0.2, 0) is 16.1 Å². The van der Waals surface area contributed by atoms with Gasteiger partial charge in [-0.15, -0.1) is 10.2 Å². The Morgan fingerprint density at radius 1 is 1.30 bits per heavy atom. The van der Waals surface area contributed by atoms with E-state index in [9.17, 15) is 4.79 Å². The fraction of sp³-hybridized carbons (Fsp3) is 0.579. The van der Waals surface area contributed by atoms with Crippen molar-refractivity contribution in [2.45, 2.75) is 50.4 Å². The van der Waals surface area contributed by atoms with Crippen LogP contribution in [0.5, 0.6) is 0 Å². The minimum atomic E-state index is 0.0607. The number of amides is 1. The van der Waals surface area contributed by atoms with Gasteiger partial charge in [0.1, 0.15) is 0 Å². The number of carbonyl (C=O) groups excluding carboxylic acids is 1. The van der Waals surface area contributed by atoms with Crippen LogP contribution in [0.15, 0.2) is 29.7 Å². The predicted octanol–water partition coefficient (Wildman–Crippen LogP) is 2.77. The second-order valence-corrected chi connectivity index (χ2v) is 7.85. The Morgan fingerprint density at radius 2 is 2.07 bits per heavy atom. The molecule has 0 saturated heterocycles. The largest absolute Gasteiger partial charge is 0.383 e. The maximum absolute atomic E-state index is 12.4. The normalized spacial score (nSPS) is 19.8. The Hall–Kier alpha value is -1.93. The summed E-state index contributed by atoms with van der Waals surface area (Å²) < 4.78 is 7.22. The molecular formula is C19H27N5O2S. The van der Waals surface area contributed by atoms with Gasteiger partial charge in [0.25, 0.3) is 0 Å². The Bertz CT molecular complexity index is 737. The summed E-state index contributed by atoms with van der Waals surface area (Å²) in [6, 6.07) is 4.10. The average molecular weight is 390 g/mol. The summed E-state index contributed by atoms with van der Waals surface area (Å²) in [5, 5.41) is 12.5. The monoisotopic (exact) mass is 389 g/mol. The third kappa shape index (κ3) is 5.29. The van der Waals surface area contributed by atoms with Crippen LogP contribution >= 0.6 is 11.8 Å². The van der Waals surface area contributed by atoms with Crippen LogP contribution in [0.2, 0.25) is 0 Å². The van der Waals surface area contributed by atoms with Crippen LogP contribution in [0, 0.1) is 5.92 Å². The zero-order chi connectivity index (χ0) is 19.1. The second-order valence-electron chi connectivity index (χ2n) is 6.91. The van der Waals surface area contributed by atoms with E-state index in [1.165, 1.54) is 31.0 Å². The highest BCUT2D eigenvalue weighted by Crippen LogP contribution is 2.25. The SMILES string of the molecule is COCCn1c(SCC(=O)N[C@H]2CCCC[C@@H]2C)nnc1-c1ccncc1. The fourth-order valence-corrected chi connectivity index (χ4v) is 4.18. The molecule has 2 heterocycles. The van der Waals surface area contributed by atoms with Gasteiger partial charge in [0.05, 0.1) is 18.9 Å². The molecule has 1 aliphatic carbocycles. The van der Waals surface area contributed by atoms with Gasteiger partial charge in [-0.1, -0.05) is 31.5 Å². The van der Waals surface area contributed by atoms with Gasteiger partial charge >= 0.3 is 0 Å². The molecule has 0 radical (unpaired) electrons. The van der Waals surface area contributed by atoms with Gasteiger partial charge in [-0.25, -0.2) is 0 Å². The van der Waals surface area contributed by atoms with Crippen molar-refractivity contribution in [3.05, 3.63) is 24.5 Å². The topological polar surface area (TPSA) is 81.9 Å². The summed E-state index contributed by atoms with van der Waals surface area (Å²) in [7, 11) is 1.67. The average Bonchev–Trinajstić information content (AvgIpc) is 3.10. The van der Waals surface area contributed by atoms with Crippen molar-refractivity contribution in [2.75, 3.05) is 19.5 Å². The number of carbonyl (C=O) groups is 1. The first-order valence-corrected chi connectivity index (χ1v) is 10.4. The molecule has 2 atom stereocenters. The predicted molar refractivity (Wildman–Crippen MR) is 105 cm³/mol. The molecule has 1 aliphatic rings. The number of nitrogens with one attached hydrogen (secondary N) is 1. The molecule has 27 heavy (non-hydrogen) atoms. The Kier molecular flexibility index (Phi) is 7.23. The van der Waals surface area contributed by atoms with Crippen LogP contribution in [0.3, 0.4) is 0 Å². The molecule has 2 aromatic heterocycles. The molecule has 1 fully saturated rings. The summed E-state index contributed by atoms with van der Waals surface area (Å²) in [6.45, 7) is 3.40. The van der Waals surface area contributed by atoms with E-state index < -0.39 is 0 Å². The Morgan fingerprint density at radius 3 is 2.81 bits per heavy atom. The maximum atomic E-state index is 12.4. The number of nitrogens with zero attached hydrogens (tertiary/aromatic N) is 4. The van der Waals surface area contributed by atoms with Crippen LogP contribution in [0.1, 0.15) is 32.6 Å². The fourth-order valence-electron chi connectivity index (χ4n) is 3.40. The second kappa shape index (κ2) is 9.85.